The minimum absolute atomic E-state index is 0.0371. The number of halogens is 2. The first-order chi connectivity index (χ1) is 8.83. The van der Waals surface area contributed by atoms with Crippen LogP contribution in [-0.2, 0) is 11.8 Å². The second-order valence-electron chi connectivity index (χ2n) is 5.82. The molecule has 1 unspecified atom stereocenters. The van der Waals surface area contributed by atoms with Crippen LogP contribution in [0.4, 0.5) is 8.78 Å². The largest absolute Gasteiger partial charge is 0.366 e. The van der Waals surface area contributed by atoms with E-state index in [1.165, 1.54) is 0 Å². The molecule has 2 rings (SSSR count). The summed E-state index contributed by atoms with van der Waals surface area (Å²) in [5.74, 6) is -3.38. The van der Waals surface area contributed by atoms with Crippen molar-refractivity contribution >= 4 is 0 Å². The van der Waals surface area contributed by atoms with Gasteiger partial charge in [-0.2, -0.15) is 5.10 Å². The Morgan fingerprint density at radius 2 is 2.11 bits per heavy atom. The molecule has 0 amide bonds. The molecule has 0 N–H and O–H groups in total. The summed E-state index contributed by atoms with van der Waals surface area (Å²) in [5, 5.41) is 4.16. The fraction of sp³-hybridized carbons (Fsp3) is 0.786. The monoisotopic (exact) mass is 272 g/mol. The molecule has 0 bridgehead atoms. The Balaban J connectivity index is 2.21. The smallest absolute Gasteiger partial charge is 0.274 e. The van der Waals surface area contributed by atoms with Crippen molar-refractivity contribution < 1.29 is 13.5 Å². The first-order valence-corrected chi connectivity index (χ1v) is 6.81. The molecule has 1 aliphatic heterocycles. The number of rotatable bonds is 2. The van der Waals surface area contributed by atoms with Crippen molar-refractivity contribution in [1.29, 1.82) is 0 Å². The molecule has 3 nitrogen and oxygen atoms in total. The van der Waals surface area contributed by atoms with E-state index >= 15 is 0 Å². The van der Waals surface area contributed by atoms with Crippen LogP contribution in [-0.4, -0.2) is 22.3 Å². The summed E-state index contributed by atoms with van der Waals surface area (Å²) in [7, 11) is 1.83. The summed E-state index contributed by atoms with van der Waals surface area (Å²) in [6.07, 6.45) is 2.59. The van der Waals surface area contributed by atoms with Crippen LogP contribution in [0.3, 0.4) is 0 Å². The minimum Gasteiger partial charge on any atom is -0.366 e. The first-order valence-electron chi connectivity index (χ1n) is 6.81. The number of ether oxygens (including phenoxy) is 1. The molecule has 2 atom stereocenters. The van der Waals surface area contributed by atoms with Gasteiger partial charge in [0.25, 0.3) is 5.92 Å². The highest BCUT2D eigenvalue weighted by Crippen LogP contribution is 2.41. The average Bonchev–Trinajstić information content (AvgIpc) is 2.54. The van der Waals surface area contributed by atoms with Gasteiger partial charge in [-0.3, -0.25) is 4.68 Å². The van der Waals surface area contributed by atoms with Crippen LogP contribution in [0, 0.1) is 18.8 Å². The van der Waals surface area contributed by atoms with Crippen LogP contribution in [0.2, 0.25) is 0 Å². The van der Waals surface area contributed by atoms with Gasteiger partial charge in [0.15, 0.2) is 0 Å². The van der Waals surface area contributed by atoms with E-state index < -0.39 is 18.4 Å². The SMILES string of the molecule is Cc1cnn(C)c1[C@H]1CCC(C(C)C)C(F)(F)CO1. The molecule has 0 spiro atoms. The maximum Gasteiger partial charge on any atom is 0.274 e. The Labute approximate surface area is 112 Å². The van der Waals surface area contributed by atoms with Crippen molar-refractivity contribution in [2.45, 2.75) is 45.6 Å². The van der Waals surface area contributed by atoms with Gasteiger partial charge >= 0.3 is 0 Å². The molecule has 19 heavy (non-hydrogen) atoms. The minimum atomic E-state index is -2.74. The molecular formula is C14H22F2N2O. The van der Waals surface area contributed by atoms with Gasteiger partial charge < -0.3 is 4.74 Å². The van der Waals surface area contributed by atoms with Gasteiger partial charge in [0.2, 0.25) is 0 Å². The van der Waals surface area contributed by atoms with Crippen LogP contribution >= 0.6 is 0 Å². The topological polar surface area (TPSA) is 27.1 Å². The lowest BCUT2D eigenvalue weighted by atomic mass is 9.85. The molecule has 0 radical (unpaired) electrons. The molecule has 1 aromatic rings. The third-order valence-electron chi connectivity index (χ3n) is 4.05. The number of aryl methyl sites for hydroxylation is 2. The maximum absolute atomic E-state index is 14.0. The zero-order chi connectivity index (χ0) is 14.2. The summed E-state index contributed by atoms with van der Waals surface area (Å²) in [6.45, 7) is 5.16. The predicted octanol–water partition coefficient (Wildman–Crippen LogP) is 3.49. The van der Waals surface area contributed by atoms with Crippen molar-refractivity contribution in [2.24, 2.45) is 18.9 Å². The summed E-state index contributed by atoms with van der Waals surface area (Å²) in [4.78, 5) is 0. The van der Waals surface area contributed by atoms with Gasteiger partial charge in [0.1, 0.15) is 6.61 Å². The van der Waals surface area contributed by atoms with E-state index in [-0.39, 0.29) is 12.0 Å². The van der Waals surface area contributed by atoms with E-state index in [0.717, 1.165) is 11.3 Å². The normalized spacial score (nSPS) is 27.5. The summed E-state index contributed by atoms with van der Waals surface area (Å²) in [6, 6.07) is 0. The predicted molar refractivity (Wildman–Crippen MR) is 69.1 cm³/mol. The van der Waals surface area contributed by atoms with E-state index in [4.69, 9.17) is 4.74 Å². The standard InChI is InChI=1S/C14H22F2N2O/c1-9(2)11-5-6-12(19-8-14(11,15)16)13-10(3)7-17-18(13)4/h7,9,11-12H,5-6,8H2,1-4H3/t11?,12-/m1/s1. The second-order valence-corrected chi connectivity index (χ2v) is 5.82. The lowest BCUT2D eigenvalue weighted by Gasteiger charge is -2.26. The zero-order valence-electron chi connectivity index (χ0n) is 12.0. The number of nitrogens with zero attached hydrogens (tertiary/aromatic N) is 2. The first kappa shape index (κ1) is 14.4. The third-order valence-corrected chi connectivity index (χ3v) is 4.05. The number of alkyl halides is 2. The van der Waals surface area contributed by atoms with E-state index in [1.807, 2.05) is 27.8 Å². The Morgan fingerprint density at radius 1 is 1.42 bits per heavy atom. The van der Waals surface area contributed by atoms with E-state index in [2.05, 4.69) is 5.10 Å². The Morgan fingerprint density at radius 3 is 2.63 bits per heavy atom. The van der Waals surface area contributed by atoms with Gasteiger partial charge in [0, 0.05) is 13.0 Å². The highest BCUT2D eigenvalue weighted by molar-refractivity contribution is 5.18. The van der Waals surface area contributed by atoms with Crippen molar-refractivity contribution in [3.63, 3.8) is 0 Å². The quantitative estimate of drug-likeness (QED) is 0.824. The van der Waals surface area contributed by atoms with Gasteiger partial charge in [-0.1, -0.05) is 13.8 Å². The molecule has 2 heterocycles. The highest BCUT2D eigenvalue weighted by atomic mass is 19.3. The van der Waals surface area contributed by atoms with E-state index in [9.17, 15) is 8.78 Å². The molecular weight excluding hydrogens is 250 g/mol. The summed E-state index contributed by atoms with van der Waals surface area (Å²) < 4.78 is 35.3. The lowest BCUT2D eigenvalue weighted by Crippen LogP contribution is -2.35. The molecule has 0 aliphatic carbocycles. The van der Waals surface area contributed by atoms with Crippen LogP contribution in [0.5, 0.6) is 0 Å². The van der Waals surface area contributed by atoms with Gasteiger partial charge in [-0.05, 0) is 31.2 Å². The van der Waals surface area contributed by atoms with E-state index in [0.29, 0.717) is 12.8 Å². The number of aromatic nitrogens is 2. The Hall–Kier alpha value is -0.970. The van der Waals surface area contributed by atoms with Crippen molar-refractivity contribution in [1.82, 2.24) is 9.78 Å². The zero-order valence-corrected chi connectivity index (χ0v) is 12.0. The fourth-order valence-electron chi connectivity index (χ4n) is 3.00. The maximum atomic E-state index is 14.0. The highest BCUT2D eigenvalue weighted by Gasteiger charge is 2.44. The van der Waals surface area contributed by atoms with Crippen LogP contribution in [0.15, 0.2) is 6.20 Å². The molecule has 1 fully saturated rings. The lowest BCUT2D eigenvalue weighted by molar-refractivity contribution is -0.126. The van der Waals surface area contributed by atoms with Crippen molar-refractivity contribution in [3.05, 3.63) is 17.5 Å². The molecule has 0 aromatic carbocycles. The van der Waals surface area contributed by atoms with Crippen LogP contribution < -0.4 is 0 Å². The van der Waals surface area contributed by atoms with Gasteiger partial charge in [-0.25, -0.2) is 8.78 Å². The van der Waals surface area contributed by atoms with Crippen molar-refractivity contribution in [3.8, 4) is 0 Å². The van der Waals surface area contributed by atoms with Crippen molar-refractivity contribution in [2.75, 3.05) is 6.61 Å². The van der Waals surface area contributed by atoms with Crippen LogP contribution in [0.25, 0.3) is 0 Å². The molecule has 5 heteroatoms. The fourth-order valence-corrected chi connectivity index (χ4v) is 3.00. The number of hydrogen-bond acceptors (Lipinski definition) is 2. The van der Waals surface area contributed by atoms with E-state index in [1.54, 1.807) is 10.9 Å². The number of hydrogen-bond donors (Lipinski definition) is 0. The Kier molecular flexibility index (Phi) is 3.95. The molecule has 108 valence electrons. The second kappa shape index (κ2) is 5.19. The Bertz CT molecular complexity index is 423. The molecule has 0 saturated carbocycles. The third kappa shape index (κ3) is 2.81. The van der Waals surface area contributed by atoms with Gasteiger partial charge in [-0.15, -0.1) is 0 Å². The average molecular weight is 272 g/mol. The van der Waals surface area contributed by atoms with Gasteiger partial charge in [0.05, 0.1) is 18.0 Å². The molecule has 1 aliphatic rings. The molecule has 1 aromatic heterocycles. The summed E-state index contributed by atoms with van der Waals surface area (Å²) in [5.41, 5.74) is 1.92. The molecule has 1 saturated heterocycles. The summed E-state index contributed by atoms with van der Waals surface area (Å²) >= 11 is 0. The van der Waals surface area contributed by atoms with Crippen LogP contribution in [0.1, 0.15) is 44.1 Å².